The first-order valence-electron chi connectivity index (χ1n) is 17.1. The third-order valence-corrected chi connectivity index (χ3v) is 11.0. The lowest BCUT2D eigenvalue weighted by Gasteiger charge is -2.48. The van der Waals surface area contributed by atoms with Gasteiger partial charge in [-0.05, 0) is 63.1 Å². The second-order valence-corrected chi connectivity index (χ2v) is 13.0. The Morgan fingerprint density at radius 1 is 0.500 bits per heavy atom. The van der Waals surface area contributed by atoms with E-state index in [-0.39, 0.29) is 17.4 Å². The largest absolute Gasteiger partial charge is 0.507 e. The summed E-state index contributed by atoms with van der Waals surface area (Å²) in [6, 6.07) is 23.6. The molecule has 8 nitrogen and oxygen atoms in total. The van der Waals surface area contributed by atoms with Crippen molar-refractivity contribution in [3.8, 4) is 23.0 Å². The highest BCUT2D eigenvalue weighted by molar-refractivity contribution is 6.19. The van der Waals surface area contributed by atoms with Crippen LogP contribution in [0.15, 0.2) is 72.8 Å². The molecule has 2 aliphatic heterocycles. The van der Waals surface area contributed by atoms with Crippen LogP contribution in [0, 0.1) is 0 Å². The molecule has 2 atom stereocenters. The average molecular weight is 643 g/mol. The Bertz CT molecular complexity index is 2140. The number of phenolic OH excluding ortho intramolecular Hbond substituents is 2. The van der Waals surface area contributed by atoms with Crippen LogP contribution in [0.5, 0.6) is 23.0 Å². The van der Waals surface area contributed by atoms with E-state index in [1.807, 2.05) is 48.5 Å². The zero-order valence-corrected chi connectivity index (χ0v) is 27.5. The fourth-order valence-corrected chi connectivity index (χ4v) is 8.95. The Hall–Kier alpha value is -4.92. The first-order valence-corrected chi connectivity index (χ1v) is 17.1. The summed E-state index contributed by atoms with van der Waals surface area (Å²) in [5.41, 5.74) is 3.96. The fourth-order valence-electron chi connectivity index (χ4n) is 8.95. The molecule has 0 radical (unpaired) electrons. The van der Waals surface area contributed by atoms with Crippen molar-refractivity contribution in [2.24, 2.45) is 0 Å². The Morgan fingerprint density at radius 2 is 0.854 bits per heavy atom. The van der Waals surface area contributed by atoms with Crippen LogP contribution in [0.25, 0.3) is 43.1 Å². The molecule has 0 amide bonds. The van der Waals surface area contributed by atoms with E-state index in [0.717, 1.165) is 81.0 Å². The van der Waals surface area contributed by atoms with E-state index in [9.17, 15) is 10.2 Å². The Kier molecular flexibility index (Phi) is 6.58. The van der Waals surface area contributed by atoms with Crippen molar-refractivity contribution in [1.82, 2.24) is 0 Å². The molecule has 6 aromatic carbocycles. The highest BCUT2D eigenvalue weighted by Crippen LogP contribution is 2.63. The van der Waals surface area contributed by atoms with Gasteiger partial charge in [0.2, 0.25) is 0 Å². The van der Waals surface area contributed by atoms with Gasteiger partial charge < -0.3 is 29.8 Å². The molecule has 48 heavy (non-hydrogen) atoms. The van der Waals surface area contributed by atoms with Gasteiger partial charge in [0.25, 0.3) is 0 Å². The van der Waals surface area contributed by atoms with Crippen LogP contribution in [0.1, 0.15) is 50.7 Å². The van der Waals surface area contributed by atoms with Crippen LogP contribution in [-0.2, 0) is 9.78 Å². The monoisotopic (exact) mass is 642 g/mol. The maximum absolute atomic E-state index is 11.7. The minimum absolute atomic E-state index is 0.133. The SMILES string of the molecule is CCN(CC)c1c2cccc(O)c2c(C2C3OOc4cccc5c(N(CC)CC)c6cccc7c6c(c45)C3C2OO7)c2c(O)cccc12. The predicted molar refractivity (Wildman–Crippen MR) is 190 cm³/mol. The van der Waals surface area contributed by atoms with Crippen LogP contribution >= 0.6 is 0 Å². The minimum Gasteiger partial charge on any atom is -0.507 e. The van der Waals surface area contributed by atoms with E-state index in [1.165, 1.54) is 0 Å². The molecule has 1 fully saturated rings. The maximum Gasteiger partial charge on any atom is 0.173 e. The van der Waals surface area contributed by atoms with Gasteiger partial charge in [-0.2, -0.15) is 9.78 Å². The van der Waals surface area contributed by atoms with Gasteiger partial charge in [-0.15, -0.1) is 0 Å². The van der Waals surface area contributed by atoms with Crippen LogP contribution in [-0.4, -0.2) is 48.6 Å². The zero-order chi connectivity index (χ0) is 32.8. The van der Waals surface area contributed by atoms with Crippen molar-refractivity contribution in [2.45, 2.75) is 51.7 Å². The molecule has 2 N–H and O–H groups in total. The van der Waals surface area contributed by atoms with E-state index in [4.69, 9.17) is 19.6 Å². The predicted octanol–water partition coefficient (Wildman–Crippen LogP) is 8.67. The lowest BCUT2D eigenvalue weighted by atomic mass is 9.60. The first kappa shape index (κ1) is 29.2. The van der Waals surface area contributed by atoms with Gasteiger partial charge in [-0.3, -0.25) is 0 Å². The maximum atomic E-state index is 11.7. The van der Waals surface area contributed by atoms with Crippen molar-refractivity contribution >= 4 is 54.5 Å². The fraction of sp³-hybridized carbons (Fsp3) is 0.300. The second kappa shape index (κ2) is 10.8. The molecule has 0 spiro atoms. The van der Waals surface area contributed by atoms with Crippen LogP contribution < -0.4 is 19.6 Å². The van der Waals surface area contributed by atoms with Gasteiger partial charge in [-0.1, -0.05) is 48.5 Å². The normalized spacial score (nSPS) is 20.8. The number of hydrogen-bond donors (Lipinski definition) is 2. The van der Waals surface area contributed by atoms with Crippen molar-refractivity contribution < 1.29 is 29.8 Å². The van der Waals surface area contributed by atoms with E-state index in [1.54, 1.807) is 12.1 Å². The summed E-state index contributed by atoms with van der Waals surface area (Å²) in [5.74, 6) is 0.866. The van der Waals surface area contributed by atoms with E-state index in [2.05, 4.69) is 49.6 Å². The molecular formula is C40H38N2O6. The summed E-state index contributed by atoms with van der Waals surface area (Å²) >= 11 is 0. The van der Waals surface area contributed by atoms with Crippen LogP contribution in [0.2, 0.25) is 0 Å². The van der Waals surface area contributed by atoms with Gasteiger partial charge in [0, 0.05) is 81.1 Å². The summed E-state index contributed by atoms with van der Waals surface area (Å²) in [4.78, 5) is 30.2. The van der Waals surface area contributed by atoms with E-state index < -0.39 is 18.1 Å². The molecule has 1 saturated carbocycles. The third kappa shape index (κ3) is 3.73. The molecule has 9 rings (SSSR count). The summed E-state index contributed by atoms with van der Waals surface area (Å²) in [7, 11) is 0. The number of anilines is 2. The Balaban J connectivity index is 1.36. The Labute approximate surface area is 278 Å². The third-order valence-electron chi connectivity index (χ3n) is 11.0. The smallest absolute Gasteiger partial charge is 0.173 e. The second-order valence-electron chi connectivity index (χ2n) is 13.0. The van der Waals surface area contributed by atoms with Gasteiger partial charge in [-0.25, -0.2) is 0 Å². The van der Waals surface area contributed by atoms with Crippen molar-refractivity contribution in [2.75, 3.05) is 36.0 Å². The minimum atomic E-state index is -0.507. The number of aromatic hydroxyl groups is 2. The molecule has 3 aliphatic rings. The molecule has 2 heterocycles. The number of fused-ring (bicyclic) bond motifs is 2. The molecule has 1 aliphatic carbocycles. The lowest BCUT2D eigenvalue weighted by molar-refractivity contribution is -0.340. The number of hydrogen-bond acceptors (Lipinski definition) is 8. The van der Waals surface area contributed by atoms with Gasteiger partial charge in [0.1, 0.15) is 23.7 Å². The molecule has 6 aromatic rings. The van der Waals surface area contributed by atoms with Crippen molar-refractivity contribution in [3.05, 3.63) is 83.9 Å². The average Bonchev–Trinajstić information content (AvgIpc) is 3.32. The quantitative estimate of drug-likeness (QED) is 0.132. The van der Waals surface area contributed by atoms with Gasteiger partial charge >= 0.3 is 0 Å². The van der Waals surface area contributed by atoms with Crippen molar-refractivity contribution in [1.29, 1.82) is 0 Å². The summed E-state index contributed by atoms with van der Waals surface area (Å²) in [6.45, 7) is 11.8. The highest BCUT2D eigenvalue weighted by Gasteiger charge is 2.60. The lowest BCUT2D eigenvalue weighted by Crippen LogP contribution is -2.54. The number of nitrogens with zero attached hydrogens (tertiary/aromatic N) is 2. The van der Waals surface area contributed by atoms with Gasteiger partial charge in [0.15, 0.2) is 11.5 Å². The number of benzene rings is 6. The molecule has 0 bridgehead atoms. The summed E-state index contributed by atoms with van der Waals surface area (Å²) in [6.07, 6.45) is -1.01. The molecule has 8 heteroatoms. The molecule has 0 aromatic heterocycles. The molecular weight excluding hydrogens is 604 g/mol. The summed E-state index contributed by atoms with van der Waals surface area (Å²) < 4.78 is 0. The van der Waals surface area contributed by atoms with Gasteiger partial charge in [0.05, 0.1) is 11.4 Å². The summed E-state index contributed by atoms with van der Waals surface area (Å²) in [5, 5.41) is 30.6. The van der Waals surface area contributed by atoms with Crippen molar-refractivity contribution in [3.63, 3.8) is 0 Å². The van der Waals surface area contributed by atoms with E-state index >= 15 is 0 Å². The highest BCUT2D eigenvalue weighted by atomic mass is 17.2. The molecule has 2 unspecified atom stereocenters. The first-order chi connectivity index (χ1) is 23.5. The topological polar surface area (TPSA) is 83.9 Å². The van der Waals surface area contributed by atoms with E-state index in [0.29, 0.717) is 22.3 Å². The number of rotatable bonds is 7. The Morgan fingerprint density at radius 3 is 1.25 bits per heavy atom. The standard InChI is InChI=1S/C40H38N2O6/c1-5-41(6-2)37-21-13-9-17-25(43)29(21)33(30-22(37)14-10-18-26(30)44)35-39-36-34-31-23(15-11-19-27(31)45-47-39)38(42(7-3)8-4)24-16-12-20-28(32(24)34)46-48-40(35)36/h9-20,35-36,39-40,43-44H,5-8H2,1-4H3. The zero-order valence-electron chi connectivity index (χ0n) is 27.5. The van der Waals surface area contributed by atoms with Crippen LogP contribution in [0.3, 0.4) is 0 Å². The molecule has 244 valence electrons. The van der Waals surface area contributed by atoms with Crippen LogP contribution in [0.4, 0.5) is 11.4 Å². The number of phenols is 2. The molecule has 0 saturated heterocycles.